The fourth-order valence-corrected chi connectivity index (χ4v) is 2.18. The van der Waals surface area contributed by atoms with Gasteiger partial charge >= 0.3 is 0 Å². The average molecular weight is 343 g/mol. The van der Waals surface area contributed by atoms with E-state index in [4.69, 9.17) is 0 Å². The summed E-state index contributed by atoms with van der Waals surface area (Å²) in [5, 5.41) is 20.7. The number of hydrogen-bond donors (Lipinski definition) is 1. The molecule has 0 bridgehead atoms. The third-order valence-electron chi connectivity index (χ3n) is 3.36. The summed E-state index contributed by atoms with van der Waals surface area (Å²) in [6, 6.07) is 9.22. The number of benzene rings is 2. The van der Waals surface area contributed by atoms with Gasteiger partial charge < -0.3 is 5.32 Å². The molecule has 0 aliphatic rings. The number of amides is 1. The standard InChI is InChI=1S/C15H10FN5O4/c16-11-6-5-9(21(24)25)7-13(11)17-14(22)8-20-15(23)10-3-1-2-4-12(10)18-19-20/h1-7H,8H2,(H,17,22). The molecule has 10 heteroatoms. The molecule has 0 aliphatic carbocycles. The molecule has 0 saturated carbocycles. The number of nitrogens with one attached hydrogen (secondary N) is 1. The van der Waals surface area contributed by atoms with E-state index < -0.39 is 28.8 Å². The summed E-state index contributed by atoms with van der Waals surface area (Å²) < 4.78 is 14.5. The number of halogens is 1. The minimum absolute atomic E-state index is 0.284. The van der Waals surface area contributed by atoms with Crippen LogP contribution in [0.25, 0.3) is 10.9 Å². The molecule has 0 unspecified atom stereocenters. The number of nitrogens with zero attached hydrogens (tertiary/aromatic N) is 4. The number of nitro benzene ring substituents is 1. The number of rotatable bonds is 4. The molecule has 0 fully saturated rings. The van der Waals surface area contributed by atoms with Crippen LogP contribution >= 0.6 is 0 Å². The molecule has 0 radical (unpaired) electrons. The Labute approximate surface area is 138 Å². The fourth-order valence-electron chi connectivity index (χ4n) is 2.18. The number of aromatic nitrogens is 3. The van der Waals surface area contributed by atoms with Gasteiger partial charge in [0.2, 0.25) is 5.91 Å². The Morgan fingerprint density at radius 3 is 2.80 bits per heavy atom. The van der Waals surface area contributed by atoms with Crippen molar-refractivity contribution >= 4 is 28.2 Å². The zero-order valence-electron chi connectivity index (χ0n) is 12.5. The van der Waals surface area contributed by atoms with Gasteiger partial charge in [-0.3, -0.25) is 19.7 Å². The average Bonchev–Trinajstić information content (AvgIpc) is 2.59. The molecule has 1 aromatic heterocycles. The van der Waals surface area contributed by atoms with Crippen LogP contribution in [-0.4, -0.2) is 25.8 Å². The first-order chi connectivity index (χ1) is 12.0. The van der Waals surface area contributed by atoms with Crippen molar-refractivity contribution in [2.45, 2.75) is 6.54 Å². The molecule has 3 rings (SSSR count). The highest BCUT2D eigenvalue weighted by Crippen LogP contribution is 2.21. The summed E-state index contributed by atoms with van der Waals surface area (Å²) in [5.74, 6) is -1.61. The molecular weight excluding hydrogens is 333 g/mol. The lowest BCUT2D eigenvalue weighted by Crippen LogP contribution is -2.30. The lowest BCUT2D eigenvalue weighted by Gasteiger charge is -2.07. The number of nitro groups is 1. The summed E-state index contributed by atoms with van der Waals surface area (Å²) in [5.41, 5.74) is -0.880. The SMILES string of the molecule is O=C(Cn1nnc2ccccc2c1=O)Nc1cc([N+](=O)[O-])ccc1F. The van der Waals surface area contributed by atoms with E-state index in [-0.39, 0.29) is 16.8 Å². The summed E-state index contributed by atoms with van der Waals surface area (Å²) >= 11 is 0. The van der Waals surface area contributed by atoms with E-state index in [2.05, 4.69) is 15.6 Å². The molecule has 9 nitrogen and oxygen atoms in total. The van der Waals surface area contributed by atoms with Crippen LogP contribution in [0.15, 0.2) is 47.3 Å². The molecule has 0 spiro atoms. The molecule has 1 heterocycles. The monoisotopic (exact) mass is 343 g/mol. The second kappa shape index (κ2) is 6.43. The molecule has 1 amide bonds. The molecule has 0 saturated heterocycles. The van der Waals surface area contributed by atoms with Gasteiger partial charge in [-0.1, -0.05) is 17.3 Å². The minimum atomic E-state index is -0.837. The Bertz CT molecular complexity index is 1050. The lowest BCUT2D eigenvalue weighted by atomic mass is 10.2. The third-order valence-corrected chi connectivity index (χ3v) is 3.36. The summed E-state index contributed by atoms with van der Waals surface area (Å²) in [7, 11) is 0. The Balaban J connectivity index is 1.84. The highest BCUT2D eigenvalue weighted by molar-refractivity contribution is 5.91. The highest BCUT2D eigenvalue weighted by atomic mass is 19.1. The Kier molecular flexibility index (Phi) is 4.16. The Hall–Kier alpha value is -3.69. The lowest BCUT2D eigenvalue weighted by molar-refractivity contribution is -0.384. The zero-order chi connectivity index (χ0) is 18.0. The van der Waals surface area contributed by atoms with Gasteiger partial charge in [-0.15, -0.1) is 5.10 Å². The molecular formula is C15H10FN5O4. The fraction of sp³-hybridized carbons (Fsp3) is 0.0667. The second-order valence-corrected chi connectivity index (χ2v) is 5.04. The van der Waals surface area contributed by atoms with E-state index in [9.17, 15) is 24.1 Å². The van der Waals surface area contributed by atoms with Gasteiger partial charge in [0.05, 0.1) is 16.0 Å². The van der Waals surface area contributed by atoms with Crippen molar-refractivity contribution in [3.63, 3.8) is 0 Å². The van der Waals surface area contributed by atoms with Crippen molar-refractivity contribution < 1.29 is 14.1 Å². The molecule has 2 aromatic carbocycles. The largest absolute Gasteiger partial charge is 0.322 e. The van der Waals surface area contributed by atoms with Crippen molar-refractivity contribution in [2.24, 2.45) is 0 Å². The van der Waals surface area contributed by atoms with Gasteiger partial charge in [-0.25, -0.2) is 9.07 Å². The second-order valence-electron chi connectivity index (χ2n) is 5.04. The number of anilines is 1. The number of hydrogen-bond acceptors (Lipinski definition) is 6. The first-order valence-corrected chi connectivity index (χ1v) is 7.02. The number of fused-ring (bicyclic) bond motifs is 1. The van der Waals surface area contributed by atoms with Gasteiger partial charge in [0.15, 0.2) is 0 Å². The van der Waals surface area contributed by atoms with Crippen molar-refractivity contribution in [1.82, 2.24) is 15.0 Å². The van der Waals surface area contributed by atoms with E-state index in [1.54, 1.807) is 24.3 Å². The van der Waals surface area contributed by atoms with Gasteiger partial charge in [0.1, 0.15) is 17.9 Å². The van der Waals surface area contributed by atoms with Crippen LogP contribution in [0.3, 0.4) is 0 Å². The van der Waals surface area contributed by atoms with Gasteiger partial charge in [0.25, 0.3) is 11.2 Å². The van der Waals surface area contributed by atoms with Crippen LogP contribution in [0.4, 0.5) is 15.8 Å². The summed E-state index contributed by atoms with van der Waals surface area (Å²) in [4.78, 5) is 34.3. The zero-order valence-corrected chi connectivity index (χ0v) is 12.5. The number of carbonyl (C=O) groups is 1. The van der Waals surface area contributed by atoms with E-state index in [1.807, 2.05) is 0 Å². The van der Waals surface area contributed by atoms with Crippen LogP contribution in [0, 0.1) is 15.9 Å². The predicted octanol–water partition coefficient (Wildman–Crippen LogP) is 1.48. The smallest absolute Gasteiger partial charge is 0.278 e. The number of carbonyl (C=O) groups excluding carboxylic acids is 1. The maximum absolute atomic E-state index is 13.7. The van der Waals surface area contributed by atoms with E-state index >= 15 is 0 Å². The Morgan fingerprint density at radius 2 is 2.04 bits per heavy atom. The van der Waals surface area contributed by atoms with Gasteiger partial charge in [-0.2, -0.15) is 0 Å². The molecule has 0 atom stereocenters. The quantitative estimate of drug-likeness (QED) is 0.566. The summed E-state index contributed by atoms with van der Waals surface area (Å²) in [6.07, 6.45) is 0. The molecule has 1 N–H and O–H groups in total. The predicted molar refractivity (Wildman–Crippen MR) is 85.5 cm³/mol. The number of non-ortho nitro benzene ring substituents is 1. The molecule has 126 valence electrons. The normalized spacial score (nSPS) is 10.6. The molecule has 25 heavy (non-hydrogen) atoms. The van der Waals surface area contributed by atoms with Crippen LogP contribution < -0.4 is 10.9 Å². The van der Waals surface area contributed by atoms with Crippen molar-refractivity contribution in [3.8, 4) is 0 Å². The van der Waals surface area contributed by atoms with E-state index in [1.165, 1.54) is 0 Å². The van der Waals surface area contributed by atoms with Crippen LogP contribution in [-0.2, 0) is 11.3 Å². The third kappa shape index (κ3) is 3.32. The topological polar surface area (TPSA) is 120 Å². The van der Waals surface area contributed by atoms with Gasteiger partial charge in [0, 0.05) is 12.1 Å². The van der Waals surface area contributed by atoms with Gasteiger partial charge in [-0.05, 0) is 18.2 Å². The minimum Gasteiger partial charge on any atom is -0.322 e. The van der Waals surface area contributed by atoms with E-state index in [0.717, 1.165) is 22.9 Å². The van der Waals surface area contributed by atoms with Crippen LogP contribution in [0.5, 0.6) is 0 Å². The van der Waals surface area contributed by atoms with Crippen molar-refractivity contribution in [1.29, 1.82) is 0 Å². The van der Waals surface area contributed by atoms with Crippen molar-refractivity contribution in [2.75, 3.05) is 5.32 Å². The highest BCUT2D eigenvalue weighted by Gasteiger charge is 2.15. The van der Waals surface area contributed by atoms with Crippen molar-refractivity contribution in [3.05, 3.63) is 68.7 Å². The maximum Gasteiger partial charge on any atom is 0.278 e. The van der Waals surface area contributed by atoms with E-state index in [0.29, 0.717) is 5.52 Å². The van der Waals surface area contributed by atoms with Crippen LogP contribution in [0.2, 0.25) is 0 Å². The maximum atomic E-state index is 13.7. The molecule has 3 aromatic rings. The van der Waals surface area contributed by atoms with Crippen LogP contribution in [0.1, 0.15) is 0 Å². The summed E-state index contributed by atoms with van der Waals surface area (Å²) in [6.45, 7) is -0.515. The first-order valence-electron chi connectivity index (χ1n) is 7.02. The Morgan fingerprint density at radius 1 is 1.28 bits per heavy atom. The molecule has 0 aliphatic heterocycles. The first kappa shape index (κ1) is 16.2.